The van der Waals surface area contributed by atoms with E-state index in [1.807, 2.05) is 13.0 Å². The highest BCUT2D eigenvalue weighted by atomic mass is 32.2. The van der Waals surface area contributed by atoms with E-state index in [4.69, 9.17) is 18.0 Å². The molecule has 17 heavy (non-hydrogen) atoms. The van der Waals surface area contributed by atoms with Crippen LogP contribution in [0, 0.1) is 0 Å². The molecule has 0 heterocycles. The number of benzene rings is 1. The minimum Gasteiger partial charge on any atom is -0.392 e. The average molecular weight is 272 g/mol. The van der Waals surface area contributed by atoms with Crippen LogP contribution in [0.1, 0.15) is 18.9 Å². The Hall–Kier alpha value is -0.980. The summed E-state index contributed by atoms with van der Waals surface area (Å²) in [6, 6.07) is 8.50. The molecule has 0 spiro atoms. The molecule has 0 aliphatic carbocycles. The molecule has 3 N–H and O–H groups in total. The summed E-state index contributed by atoms with van der Waals surface area (Å²) in [6.45, 7) is 1.83. The Morgan fingerprint density at radius 2 is 2.00 bits per heavy atom. The molecule has 1 unspecified atom stereocenters. The normalized spacial score (nSPS) is 13.2. The van der Waals surface area contributed by atoms with E-state index in [1.54, 1.807) is 24.3 Å². The number of sulfonamides is 1. The van der Waals surface area contributed by atoms with E-state index < -0.39 is 16.1 Å². The van der Waals surface area contributed by atoms with Gasteiger partial charge in [0.1, 0.15) is 0 Å². The third-order valence-electron chi connectivity index (χ3n) is 2.27. The van der Waals surface area contributed by atoms with Crippen LogP contribution in [0.15, 0.2) is 30.3 Å². The van der Waals surface area contributed by atoms with Gasteiger partial charge in [-0.25, -0.2) is 13.1 Å². The van der Waals surface area contributed by atoms with E-state index in [1.165, 1.54) is 0 Å². The van der Waals surface area contributed by atoms with Gasteiger partial charge < -0.3 is 5.73 Å². The molecule has 94 valence electrons. The first kappa shape index (κ1) is 14.1. The summed E-state index contributed by atoms with van der Waals surface area (Å²) in [5.74, 6) is -0.0625. The molecular weight excluding hydrogens is 256 g/mol. The van der Waals surface area contributed by atoms with Gasteiger partial charge in [0.2, 0.25) is 10.0 Å². The van der Waals surface area contributed by atoms with Crippen molar-refractivity contribution >= 4 is 27.2 Å². The molecular formula is C11H16N2O2S2. The maximum Gasteiger partial charge on any atom is 0.216 e. The van der Waals surface area contributed by atoms with Gasteiger partial charge in [-0.1, -0.05) is 49.5 Å². The second kappa shape index (κ2) is 6.09. The van der Waals surface area contributed by atoms with E-state index in [0.717, 1.165) is 5.56 Å². The Morgan fingerprint density at radius 3 is 2.47 bits per heavy atom. The van der Waals surface area contributed by atoms with E-state index in [-0.39, 0.29) is 10.7 Å². The van der Waals surface area contributed by atoms with Crippen molar-refractivity contribution in [1.82, 2.24) is 4.72 Å². The third kappa shape index (κ3) is 4.80. The lowest BCUT2D eigenvalue weighted by Gasteiger charge is -2.15. The van der Waals surface area contributed by atoms with Crippen LogP contribution >= 0.6 is 12.2 Å². The highest BCUT2D eigenvalue weighted by Gasteiger charge is 2.18. The Morgan fingerprint density at radius 1 is 1.41 bits per heavy atom. The van der Waals surface area contributed by atoms with Crippen LogP contribution in [0.5, 0.6) is 0 Å². The van der Waals surface area contributed by atoms with Crippen molar-refractivity contribution < 1.29 is 8.42 Å². The fourth-order valence-corrected chi connectivity index (χ4v) is 3.14. The largest absolute Gasteiger partial charge is 0.392 e. The molecule has 4 nitrogen and oxygen atoms in total. The highest BCUT2D eigenvalue weighted by molar-refractivity contribution is 7.88. The maximum absolute atomic E-state index is 11.8. The smallest absolute Gasteiger partial charge is 0.216 e. The van der Waals surface area contributed by atoms with Crippen molar-refractivity contribution in [3.05, 3.63) is 35.9 Å². The first-order valence-electron chi connectivity index (χ1n) is 5.28. The monoisotopic (exact) mass is 272 g/mol. The molecule has 0 saturated heterocycles. The van der Waals surface area contributed by atoms with Gasteiger partial charge in [-0.2, -0.15) is 0 Å². The van der Waals surface area contributed by atoms with Gasteiger partial charge in [0.05, 0.1) is 16.8 Å². The molecule has 0 aliphatic heterocycles. The van der Waals surface area contributed by atoms with Crippen LogP contribution in [0.25, 0.3) is 0 Å². The molecule has 0 saturated carbocycles. The summed E-state index contributed by atoms with van der Waals surface area (Å²) in [6.07, 6.45) is 0.545. The number of hydrogen-bond acceptors (Lipinski definition) is 3. The highest BCUT2D eigenvalue weighted by Crippen LogP contribution is 2.05. The van der Waals surface area contributed by atoms with Crippen molar-refractivity contribution in [3.63, 3.8) is 0 Å². The summed E-state index contributed by atoms with van der Waals surface area (Å²) < 4.78 is 26.2. The van der Waals surface area contributed by atoms with Crippen LogP contribution < -0.4 is 10.5 Å². The predicted molar refractivity (Wildman–Crippen MR) is 73.1 cm³/mol. The zero-order valence-corrected chi connectivity index (χ0v) is 11.2. The number of thiocarbonyl (C=S) groups is 1. The van der Waals surface area contributed by atoms with Crippen molar-refractivity contribution in [3.8, 4) is 0 Å². The molecule has 0 bridgehead atoms. The van der Waals surface area contributed by atoms with Gasteiger partial charge in [0.15, 0.2) is 0 Å². The van der Waals surface area contributed by atoms with Gasteiger partial charge in [-0.05, 0) is 12.0 Å². The summed E-state index contributed by atoms with van der Waals surface area (Å²) in [5.41, 5.74) is 6.19. The molecule has 1 aromatic rings. The lowest BCUT2D eigenvalue weighted by Crippen LogP contribution is -2.43. The summed E-state index contributed by atoms with van der Waals surface area (Å²) in [5, 5.41) is 0. The topological polar surface area (TPSA) is 72.2 Å². The minimum atomic E-state index is -3.41. The molecule has 0 aromatic heterocycles. The van der Waals surface area contributed by atoms with Crippen molar-refractivity contribution in [2.75, 3.05) is 0 Å². The molecule has 1 atom stereocenters. The number of nitrogens with two attached hydrogens (primary N) is 1. The Bertz CT molecular complexity index is 472. The van der Waals surface area contributed by atoms with Crippen molar-refractivity contribution in [2.24, 2.45) is 5.73 Å². The van der Waals surface area contributed by atoms with E-state index in [0.29, 0.717) is 6.42 Å². The summed E-state index contributed by atoms with van der Waals surface area (Å²) in [7, 11) is -3.41. The molecule has 1 aromatic carbocycles. The maximum atomic E-state index is 11.8. The first-order chi connectivity index (χ1) is 7.94. The van der Waals surface area contributed by atoms with Crippen LogP contribution in [-0.4, -0.2) is 19.4 Å². The quantitative estimate of drug-likeness (QED) is 0.763. The molecule has 0 amide bonds. The second-order valence-electron chi connectivity index (χ2n) is 3.73. The van der Waals surface area contributed by atoms with Crippen LogP contribution in [0.4, 0.5) is 0 Å². The van der Waals surface area contributed by atoms with Gasteiger partial charge in [-0.15, -0.1) is 0 Å². The van der Waals surface area contributed by atoms with Gasteiger partial charge in [-0.3, -0.25) is 0 Å². The first-order valence-corrected chi connectivity index (χ1v) is 7.34. The minimum absolute atomic E-state index is 0.0625. The Kier molecular flexibility index (Phi) is 5.04. The Labute approximate surface area is 107 Å². The zero-order chi connectivity index (χ0) is 12.9. The molecule has 1 rings (SSSR count). The number of hydrogen-bond donors (Lipinski definition) is 2. The third-order valence-corrected chi connectivity index (χ3v) is 3.91. The zero-order valence-electron chi connectivity index (χ0n) is 9.59. The van der Waals surface area contributed by atoms with E-state index in [9.17, 15) is 8.42 Å². The van der Waals surface area contributed by atoms with Gasteiger partial charge in [0, 0.05) is 0 Å². The fraction of sp³-hybridized carbons (Fsp3) is 0.364. The molecule has 0 fully saturated rings. The summed E-state index contributed by atoms with van der Waals surface area (Å²) in [4.78, 5) is 0.170. The van der Waals surface area contributed by atoms with Crippen LogP contribution in [0.3, 0.4) is 0 Å². The van der Waals surface area contributed by atoms with Crippen molar-refractivity contribution in [2.45, 2.75) is 25.1 Å². The number of nitrogens with one attached hydrogen (secondary N) is 1. The lowest BCUT2D eigenvalue weighted by atomic mass is 10.2. The fourth-order valence-electron chi connectivity index (χ4n) is 1.39. The summed E-state index contributed by atoms with van der Waals surface area (Å²) >= 11 is 4.80. The van der Waals surface area contributed by atoms with Crippen LogP contribution in [-0.2, 0) is 15.8 Å². The molecule has 0 radical (unpaired) electrons. The van der Waals surface area contributed by atoms with E-state index in [2.05, 4.69) is 4.72 Å². The van der Waals surface area contributed by atoms with Crippen LogP contribution in [0.2, 0.25) is 0 Å². The standard InChI is InChI=1S/C11H16N2O2S2/c1-2-10(11(12)16)13-17(14,15)8-9-6-4-3-5-7-9/h3-7,10,13H,2,8H2,1H3,(H2,12,16). The lowest BCUT2D eigenvalue weighted by molar-refractivity contribution is 0.571. The predicted octanol–water partition coefficient (Wildman–Crippen LogP) is 1.17. The van der Waals surface area contributed by atoms with Gasteiger partial charge >= 0.3 is 0 Å². The SMILES string of the molecule is CCC(NS(=O)(=O)Cc1ccccc1)C(N)=S. The number of rotatable bonds is 6. The Balaban J connectivity index is 2.73. The van der Waals surface area contributed by atoms with Gasteiger partial charge in [0.25, 0.3) is 0 Å². The second-order valence-corrected chi connectivity index (χ2v) is 5.95. The molecule has 0 aliphatic rings. The molecule has 6 heteroatoms. The van der Waals surface area contributed by atoms with Crippen molar-refractivity contribution in [1.29, 1.82) is 0 Å². The van der Waals surface area contributed by atoms with E-state index >= 15 is 0 Å². The average Bonchev–Trinajstić information content (AvgIpc) is 2.26.